The normalized spacial score (nSPS) is 25.4. The first kappa shape index (κ1) is 13.0. The van der Waals surface area contributed by atoms with E-state index in [2.05, 4.69) is 0 Å². The average molecular weight is 228 g/mol. The van der Waals surface area contributed by atoms with Gasteiger partial charge in [-0.25, -0.2) is 0 Å². The molecule has 0 aromatic carbocycles. The minimum absolute atomic E-state index is 0.288. The molecule has 0 radical (unpaired) electrons. The maximum absolute atomic E-state index is 11.7. The second-order valence-corrected chi connectivity index (χ2v) is 4.86. The van der Waals surface area contributed by atoms with E-state index in [0.29, 0.717) is 19.4 Å². The fourth-order valence-corrected chi connectivity index (χ4v) is 2.06. The predicted octanol–water partition coefficient (Wildman–Crippen LogP) is 2.08. The lowest BCUT2D eigenvalue weighted by Gasteiger charge is -2.26. The summed E-state index contributed by atoms with van der Waals surface area (Å²) in [6, 6.07) is 0. The van der Waals surface area contributed by atoms with Crippen LogP contribution in [0.25, 0.3) is 0 Å². The van der Waals surface area contributed by atoms with Crippen LogP contribution in [0.2, 0.25) is 0 Å². The van der Waals surface area contributed by atoms with E-state index in [1.807, 2.05) is 13.8 Å². The summed E-state index contributed by atoms with van der Waals surface area (Å²) in [5, 5.41) is 9.03. The molecule has 1 aliphatic rings. The summed E-state index contributed by atoms with van der Waals surface area (Å²) in [6.07, 6.45) is 3.06. The zero-order valence-electron chi connectivity index (χ0n) is 9.94. The molecule has 0 aromatic rings. The van der Waals surface area contributed by atoms with Crippen LogP contribution in [0.15, 0.2) is 0 Å². The Morgan fingerprint density at radius 3 is 2.31 bits per heavy atom. The van der Waals surface area contributed by atoms with E-state index >= 15 is 0 Å². The molecule has 1 N–H and O–H groups in total. The molecule has 16 heavy (non-hydrogen) atoms. The molecule has 1 rings (SSSR count). The van der Waals surface area contributed by atoms with Gasteiger partial charge in [-0.15, -0.1) is 0 Å². The lowest BCUT2D eigenvalue weighted by Crippen LogP contribution is -2.34. The van der Waals surface area contributed by atoms with E-state index < -0.39 is 17.8 Å². The summed E-state index contributed by atoms with van der Waals surface area (Å²) in [5.74, 6) is -1.90. The van der Waals surface area contributed by atoms with Crippen LogP contribution in [-0.2, 0) is 14.3 Å². The predicted molar refractivity (Wildman–Crippen MR) is 58.9 cm³/mol. The molecule has 4 nitrogen and oxygen atoms in total. The first-order valence-corrected chi connectivity index (χ1v) is 5.91. The number of carboxylic acids is 1. The van der Waals surface area contributed by atoms with E-state index in [9.17, 15) is 9.59 Å². The highest BCUT2D eigenvalue weighted by atomic mass is 16.5. The summed E-state index contributed by atoms with van der Waals surface area (Å²) in [7, 11) is 0. The van der Waals surface area contributed by atoms with Gasteiger partial charge < -0.3 is 9.84 Å². The van der Waals surface area contributed by atoms with Gasteiger partial charge in [-0.3, -0.25) is 9.59 Å². The van der Waals surface area contributed by atoms with Crippen molar-refractivity contribution >= 4 is 11.9 Å². The molecule has 92 valence electrons. The van der Waals surface area contributed by atoms with Crippen LogP contribution in [0.5, 0.6) is 0 Å². The SMILES string of the molecule is CC(C)COC(=O)C1CCCCC1C(=O)O. The van der Waals surface area contributed by atoms with Gasteiger partial charge in [-0.1, -0.05) is 26.7 Å². The lowest BCUT2D eigenvalue weighted by atomic mass is 9.79. The quantitative estimate of drug-likeness (QED) is 0.748. The molecule has 1 saturated carbocycles. The molecule has 0 aliphatic heterocycles. The van der Waals surface area contributed by atoms with Gasteiger partial charge in [0.15, 0.2) is 0 Å². The Kier molecular flexibility index (Phi) is 4.77. The Balaban J connectivity index is 2.54. The first-order valence-electron chi connectivity index (χ1n) is 5.91. The fourth-order valence-electron chi connectivity index (χ4n) is 2.06. The van der Waals surface area contributed by atoms with Gasteiger partial charge in [0.1, 0.15) is 0 Å². The van der Waals surface area contributed by atoms with E-state index in [1.54, 1.807) is 0 Å². The maximum atomic E-state index is 11.7. The molecule has 1 aliphatic carbocycles. The van der Waals surface area contributed by atoms with Crippen molar-refractivity contribution in [2.24, 2.45) is 17.8 Å². The molecular formula is C12H20O4. The third-order valence-corrected chi connectivity index (χ3v) is 2.94. The first-order chi connectivity index (χ1) is 7.52. The van der Waals surface area contributed by atoms with Crippen LogP contribution in [0.4, 0.5) is 0 Å². The van der Waals surface area contributed by atoms with Crippen LogP contribution >= 0.6 is 0 Å². The van der Waals surface area contributed by atoms with E-state index in [1.165, 1.54) is 0 Å². The molecule has 0 amide bonds. The molecule has 0 bridgehead atoms. The van der Waals surface area contributed by atoms with Gasteiger partial charge in [0, 0.05) is 0 Å². The minimum Gasteiger partial charge on any atom is -0.481 e. The van der Waals surface area contributed by atoms with Crippen molar-refractivity contribution in [2.45, 2.75) is 39.5 Å². The van der Waals surface area contributed by atoms with Crippen molar-refractivity contribution in [3.8, 4) is 0 Å². The molecule has 2 atom stereocenters. The standard InChI is InChI=1S/C12H20O4/c1-8(2)7-16-12(15)10-6-4-3-5-9(10)11(13)14/h8-10H,3-7H2,1-2H3,(H,13,14). The minimum atomic E-state index is -0.869. The second kappa shape index (κ2) is 5.87. The summed E-state index contributed by atoms with van der Waals surface area (Å²) >= 11 is 0. The molecule has 0 saturated heterocycles. The Labute approximate surface area is 96.0 Å². The number of rotatable bonds is 4. The van der Waals surface area contributed by atoms with Crippen molar-refractivity contribution in [2.75, 3.05) is 6.61 Å². The van der Waals surface area contributed by atoms with Crippen LogP contribution in [0.1, 0.15) is 39.5 Å². The van der Waals surface area contributed by atoms with Crippen LogP contribution in [0.3, 0.4) is 0 Å². The molecule has 0 heterocycles. The second-order valence-electron chi connectivity index (χ2n) is 4.86. The Hall–Kier alpha value is -1.06. The smallest absolute Gasteiger partial charge is 0.309 e. The molecule has 1 fully saturated rings. The number of esters is 1. The molecule has 0 aromatic heterocycles. The van der Waals surface area contributed by atoms with E-state index in [4.69, 9.17) is 9.84 Å². The largest absolute Gasteiger partial charge is 0.481 e. The topological polar surface area (TPSA) is 63.6 Å². The van der Waals surface area contributed by atoms with Crippen molar-refractivity contribution < 1.29 is 19.4 Å². The fraction of sp³-hybridized carbons (Fsp3) is 0.833. The Morgan fingerprint density at radius 1 is 1.25 bits per heavy atom. The highest BCUT2D eigenvalue weighted by Gasteiger charge is 2.36. The lowest BCUT2D eigenvalue weighted by molar-refractivity contribution is -0.160. The maximum Gasteiger partial charge on any atom is 0.309 e. The molecule has 4 heteroatoms. The number of hydrogen-bond acceptors (Lipinski definition) is 3. The highest BCUT2D eigenvalue weighted by molar-refractivity contribution is 5.81. The number of carbonyl (C=O) groups excluding carboxylic acids is 1. The zero-order chi connectivity index (χ0) is 12.1. The number of aliphatic carboxylic acids is 1. The molecule has 2 unspecified atom stereocenters. The van der Waals surface area contributed by atoms with Crippen molar-refractivity contribution in [3.63, 3.8) is 0 Å². The average Bonchev–Trinajstić information content (AvgIpc) is 2.25. The third kappa shape index (κ3) is 3.51. The number of ether oxygens (including phenoxy) is 1. The van der Waals surface area contributed by atoms with Gasteiger partial charge in [-0.2, -0.15) is 0 Å². The zero-order valence-corrected chi connectivity index (χ0v) is 9.94. The van der Waals surface area contributed by atoms with Crippen LogP contribution in [-0.4, -0.2) is 23.7 Å². The van der Waals surface area contributed by atoms with Crippen molar-refractivity contribution in [1.29, 1.82) is 0 Å². The van der Waals surface area contributed by atoms with Crippen molar-refractivity contribution in [3.05, 3.63) is 0 Å². The number of hydrogen-bond donors (Lipinski definition) is 1. The third-order valence-electron chi connectivity index (χ3n) is 2.94. The van der Waals surface area contributed by atoms with E-state index in [-0.39, 0.29) is 11.9 Å². The Morgan fingerprint density at radius 2 is 1.81 bits per heavy atom. The monoisotopic (exact) mass is 228 g/mol. The summed E-state index contributed by atoms with van der Waals surface area (Å²) in [5.41, 5.74) is 0. The highest BCUT2D eigenvalue weighted by Crippen LogP contribution is 2.31. The summed E-state index contributed by atoms with van der Waals surface area (Å²) in [4.78, 5) is 22.7. The van der Waals surface area contributed by atoms with Gasteiger partial charge in [-0.05, 0) is 18.8 Å². The van der Waals surface area contributed by atoms with Gasteiger partial charge in [0.05, 0.1) is 18.4 Å². The molecule has 0 spiro atoms. The van der Waals surface area contributed by atoms with Gasteiger partial charge in [0.25, 0.3) is 0 Å². The molecular weight excluding hydrogens is 208 g/mol. The summed E-state index contributed by atoms with van der Waals surface area (Å²) < 4.78 is 5.12. The number of carboxylic acid groups (broad SMARTS) is 1. The van der Waals surface area contributed by atoms with E-state index in [0.717, 1.165) is 12.8 Å². The van der Waals surface area contributed by atoms with Crippen LogP contribution in [0, 0.1) is 17.8 Å². The van der Waals surface area contributed by atoms with Gasteiger partial charge in [0.2, 0.25) is 0 Å². The van der Waals surface area contributed by atoms with Crippen molar-refractivity contribution in [1.82, 2.24) is 0 Å². The summed E-state index contributed by atoms with van der Waals surface area (Å²) in [6.45, 7) is 4.30. The Bertz CT molecular complexity index is 260. The van der Waals surface area contributed by atoms with Gasteiger partial charge >= 0.3 is 11.9 Å². The number of carbonyl (C=O) groups is 2. The van der Waals surface area contributed by atoms with Crippen LogP contribution < -0.4 is 0 Å².